The second-order valence-corrected chi connectivity index (χ2v) is 6.93. The van der Waals surface area contributed by atoms with Crippen molar-refractivity contribution in [2.75, 3.05) is 49.2 Å². The quantitative estimate of drug-likeness (QED) is 0.867. The van der Waals surface area contributed by atoms with Crippen molar-refractivity contribution < 1.29 is 10.2 Å². The second kappa shape index (κ2) is 7.82. The number of hydrogen-bond donors (Lipinski definition) is 2. The van der Waals surface area contributed by atoms with Crippen molar-refractivity contribution in [1.82, 2.24) is 4.98 Å². The predicted octanol–water partition coefficient (Wildman–Crippen LogP) is 1.37. The minimum Gasteiger partial charge on any atom is -0.396 e. The highest BCUT2D eigenvalue weighted by atomic mass is 16.3. The van der Waals surface area contributed by atoms with Gasteiger partial charge in [-0.25, -0.2) is 4.98 Å². The van der Waals surface area contributed by atoms with E-state index in [1.807, 2.05) is 12.1 Å². The molecule has 130 valence electrons. The van der Waals surface area contributed by atoms with Crippen molar-refractivity contribution in [3.8, 4) is 6.07 Å². The molecule has 24 heavy (non-hydrogen) atoms. The smallest absolute Gasteiger partial charge is 0.148 e. The van der Waals surface area contributed by atoms with Crippen LogP contribution in [-0.2, 0) is 0 Å². The summed E-state index contributed by atoms with van der Waals surface area (Å²) in [4.78, 5) is 9.14. The molecule has 1 aromatic rings. The summed E-state index contributed by atoms with van der Waals surface area (Å²) in [6.45, 7) is 3.77. The maximum Gasteiger partial charge on any atom is 0.148 e. The maximum absolute atomic E-state index is 9.45. The minimum absolute atomic E-state index is 0.183. The number of aliphatic hydroxyl groups is 2. The van der Waals surface area contributed by atoms with E-state index in [0.717, 1.165) is 63.5 Å². The normalized spacial score (nSPS) is 24.7. The van der Waals surface area contributed by atoms with Crippen LogP contribution in [0.15, 0.2) is 12.1 Å². The molecule has 2 aliphatic rings. The van der Waals surface area contributed by atoms with Gasteiger partial charge < -0.3 is 20.0 Å². The number of hydrogen-bond acceptors (Lipinski definition) is 6. The Kier molecular flexibility index (Phi) is 5.54. The summed E-state index contributed by atoms with van der Waals surface area (Å²) in [5, 5.41) is 28.3. The fourth-order valence-electron chi connectivity index (χ4n) is 3.77. The third-order valence-corrected chi connectivity index (χ3v) is 5.16. The van der Waals surface area contributed by atoms with Gasteiger partial charge in [-0.15, -0.1) is 0 Å². The highest BCUT2D eigenvalue weighted by molar-refractivity contribution is 5.59. The van der Waals surface area contributed by atoms with Gasteiger partial charge >= 0.3 is 0 Å². The van der Waals surface area contributed by atoms with Crippen LogP contribution in [0.4, 0.5) is 11.6 Å². The van der Waals surface area contributed by atoms with Crippen molar-refractivity contribution in [1.29, 1.82) is 5.26 Å². The first-order valence-corrected chi connectivity index (χ1v) is 8.88. The van der Waals surface area contributed by atoms with Crippen molar-refractivity contribution in [2.24, 2.45) is 11.8 Å². The number of anilines is 2. The summed E-state index contributed by atoms with van der Waals surface area (Å²) < 4.78 is 0. The van der Waals surface area contributed by atoms with Crippen molar-refractivity contribution in [3.63, 3.8) is 0 Å². The van der Waals surface area contributed by atoms with Gasteiger partial charge in [-0.05, 0) is 49.7 Å². The van der Waals surface area contributed by atoms with Crippen LogP contribution < -0.4 is 9.80 Å². The third kappa shape index (κ3) is 3.63. The lowest BCUT2D eigenvalue weighted by Crippen LogP contribution is -2.39. The van der Waals surface area contributed by atoms with Crippen LogP contribution in [0.3, 0.4) is 0 Å². The van der Waals surface area contributed by atoms with Crippen molar-refractivity contribution in [3.05, 3.63) is 17.7 Å². The van der Waals surface area contributed by atoms with Crippen molar-refractivity contribution >= 4 is 11.6 Å². The third-order valence-electron chi connectivity index (χ3n) is 5.16. The first-order chi connectivity index (χ1) is 11.7. The lowest BCUT2D eigenvalue weighted by Gasteiger charge is -2.35. The van der Waals surface area contributed by atoms with Crippen LogP contribution in [0.2, 0.25) is 0 Å². The molecule has 0 amide bonds. The zero-order valence-electron chi connectivity index (χ0n) is 14.1. The van der Waals surface area contributed by atoms with Crippen molar-refractivity contribution in [2.45, 2.75) is 25.7 Å². The predicted molar refractivity (Wildman–Crippen MR) is 93.0 cm³/mol. The zero-order chi connectivity index (χ0) is 16.9. The molecule has 2 fully saturated rings. The van der Waals surface area contributed by atoms with E-state index in [4.69, 9.17) is 4.98 Å². The molecule has 0 saturated carbocycles. The largest absolute Gasteiger partial charge is 0.396 e. The molecule has 2 saturated heterocycles. The monoisotopic (exact) mass is 330 g/mol. The fraction of sp³-hybridized carbons (Fsp3) is 0.667. The fourth-order valence-corrected chi connectivity index (χ4v) is 3.77. The molecule has 6 heteroatoms. The van der Waals surface area contributed by atoms with Crippen LogP contribution in [0.25, 0.3) is 0 Å². The Morgan fingerprint density at radius 2 is 1.67 bits per heavy atom. The van der Waals surface area contributed by atoms with Gasteiger partial charge in [0, 0.05) is 39.4 Å². The van der Waals surface area contributed by atoms with Crippen LogP contribution in [0, 0.1) is 23.2 Å². The Morgan fingerprint density at radius 1 is 1.04 bits per heavy atom. The van der Waals surface area contributed by atoms with Gasteiger partial charge in [0.05, 0.1) is 5.56 Å². The Morgan fingerprint density at radius 3 is 2.29 bits per heavy atom. The minimum atomic E-state index is 0.183. The number of rotatable bonds is 4. The number of aliphatic hydroxyl groups excluding tert-OH is 2. The highest BCUT2D eigenvalue weighted by Gasteiger charge is 2.25. The van der Waals surface area contributed by atoms with Crippen LogP contribution in [0.1, 0.15) is 31.2 Å². The molecule has 3 heterocycles. The first kappa shape index (κ1) is 17.0. The Hall–Kier alpha value is -1.84. The Labute approximate surface area is 143 Å². The molecule has 2 atom stereocenters. The number of nitrogens with zero attached hydrogens (tertiary/aromatic N) is 4. The van der Waals surface area contributed by atoms with E-state index >= 15 is 0 Å². The summed E-state index contributed by atoms with van der Waals surface area (Å²) in [5.41, 5.74) is 0.591. The lowest BCUT2D eigenvalue weighted by atomic mass is 9.98. The molecular formula is C18H26N4O2. The number of aromatic nitrogens is 1. The summed E-state index contributed by atoms with van der Waals surface area (Å²) in [7, 11) is 0. The molecule has 3 rings (SSSR count). The van der Waals surface area contributed by atoms with Gasteiger partial charge in [0.15, 0.2) is 0 Å². The van der Waals surface area contributed by atoms with E-state index in [-0.39, 0.29) is 19.1 Å². The molecular weight excluding hydrogens is 304 g/mol. The van der Waals surface area contributed by atoms with E-state index in [9.17, 15) is 15.5 Å². The number of pyridine rings is 1. The molecule has 0 radical (unpaired) electrons. The van der Waals surface area contributed by atoms with Gasteiger partial charge in [0.1, 0.15) is 17.7 Å². The molecule has 2 unspecified atom stereocenters. The summed E-state index contributed by atoms with van der Waals surface area (Å²) in [6, 6.07) is 6.01. The topological polar surface area (TPSA) is 83.6 Å². The number of nitriles is 1. The molecule has 0 aliphatic carbocycles. The van der Waals surface area contributed by atoms with Crippen LogP contribution in [0.5, 0.6) is 0 Å². The zero-order valence-corrected chi connectivity index (χ0v) is 14.1. The Balaban J connectivity index is 1.84. The Bertz CT molecular complexity index is 601. The molecule has 1 aromatic heterocycles. The van der Waals surface area contributed by atoms with E-state index in [2.05, 4.69) is 15.9 Å². The SMILES string of the molecule is N#Cc1ccc(N2CCCC(CO)C2)nc1N1CCCC(CO)C1. The van der Waals surface area contributed by atoms with E-state index in [1.165, 1.54) is 0 Å². The van der Waals surface area contributed by atoms with Crippen LogP contribution in [-0.4, -0.2) is 54.6 Å². The molecule has 0 spiro atoms. The summed E-state index contributed by atoms with van der Waals surface area (Å²) in [6.07, 6.45) is 4.15. The average molecular weight is 330 g/mol. The summed E-state index contributed by atoms with van der Waals surface area (Å²) >= 11 is 0. The van der Waals surface area contributed by atoms with E-state index in [0.29, 0.717) is 11.5 Å². The van der Waals surface area contributed by atoms with Gasteiger partial charge in [0.2, 0.25) is 0 Å². The first-order valence-electron chi connectivity index (χ1n) is 8.88. The van der Waals surface area contributed by atoms with Crippen LogP contribution >= 0.6 is 0 Å². The maximum atomic E-state index is 9.45. The molecule has 0 aromatic carbocycles. The molecule has 2 N–H and O–H groups in total. The molecule has 2 aliphatic heterocycles. The van der Waals surface area contributed by atoms with Gasteiger partial charge in [-0.1, -0.05) is 0 Å². The lowest BCUT2D eigenvalue weighted by molar-refractivity contribution is 0.208. The van der Waals surface area contributed by atoms with E-state index < -0.39 is 0 Å². The van der Waals surface area contributed by atoms with Gasteiger partial charge in [0.25, 0.3) is 0 Å². The standard InChI is InChI=1S/C18H26N4O2/c19-9-16-5-6-17(21-7-1-3-14(10-21)12-23)20-18(16)22-8-2-4-15(11-22)13-24/h5-6,14-15,23-24H,1-4,7-8,10-13H2. The second-order valence-electron chi connectivity index (χ2n) is 6.93. The summed E-state index contributed by atoms with van der Waals surface area (Å²) in [5.74, 6) is 2.17. The number of piperidine rings is 2. The highest BCUT2D eigenvalue weighted by Crippen LogP contribution is 2.28. The molecule has 0 bridgehead atoms. The van der Waals surface area contributed by atoms with Gasteiger partial charge in [-0.3, -0.25) is 0 Å². The van der Waals surface area contributed by atoms with E-state index in [1.54, 1.807) is 0 Å². The van der Waals surface area contributed by atoms with Gasteiger partial charge in [-0.2, -0.15) is 5.26 Å². The molecule has 6 nitrogen and oxygen atoms in total. The average Bonchev–Trinajstić information content (AvgIpc) is 2.67.